The lowest BCUT2D eigenvalue weighted by Gasteiger charge is -2.33. The lowest BCUT2D eigenvalue weighted by molar-refractivity contribution is 0.173. The molecule has 6 heteroatoms. The number of halogens is 2. The number of fused-ring (bicyclic) bond motifs is 5. The maximum atomic E-state index is 5.78. The van der Waals surface area contributed by atoms with Crippen molar-refractivity contribution in [3.63, 3.8) is 0 Å². The van der Waals surface area contributed by atoms with Gasteiger partial charge in [-0.1, -0.05) is 6.07 Å². The van der Waals surface area contributed by atoms with Crippen LogP contribution in [0.15, 0.2) is 29.2 Å². The van der Waals surface area contributed by atoms with Crippen molar-refractivity contribution < 1.29 is 4.74 Å². The van der Waals surface area contributed by atoms with Crippen molar-refractivity contribution in [3.8, 4) is 0 Å². The van der Waals surface area contributed by atoms with E-state index in [2.05, 4.69) is 20.9 Å². The third-order valence-electron chi connectivity index (χ3n) is 3.50. The average molecular weight is 300 g/mol. The zero-order valence-electron chi connectivity index (χ0n) is 10.3. The Hall–Kier alpha value is -1.26. The summed E-state index contributed by atoms with van der Waals surface area (Å²) in [5.74, 6) is 2.01. The molecule has 0 fully saturated rings. The van der Waals surface area contributed by atoms with Gasteiger partial charge in [0.2, 0.25) is 0 Å². The molecule has 19 heavy (non-hydrogen) atoms. The Morgan fingerprint density at radius 3 is 3.05 bits per heavy atom. The summed E-state index contributed by atoms with van der Waals surface area (Å²) in [5.41, 5.74) is 3.53. The zero-order chi connectivity index (χ0) is 11.2. The van der Waals surface area contributed by atoms with Gasteiger partial charge in [-0.05, 0) is 12.5 Å². The average Bonchev–Trinajstić information content (AvgIpc) is 2.89. The van der Waals surface area contributed by atoms with E-state index < -0.39 is 0 Å². The molecule has 0 aliphatic carbocycles. The van der Waals surface area contributed by atoms with Gasteiger partial charge in [0.25, 0.3) is 0 Å². The Balaban J connectivity index is 0.000000667. The molecule has 0 amide bonds. The summed E-state index contributed by atoms with van der Waals surface area (Å²) in [4.78, 5) is 11.3. The molecule has 1 aromatic rings. The minimum atomic E-state index is 0. The van der Waals surface area contributed by atoms with E-state index in [9.17, 15) is 0 Å². The van der Waals surface area contributed by atoms with E-state index >= 15 is 0 Å². The van der Waals surface area contributed by atoms with Gasteiger partial charge in [-0.3, -0.25) is 14.9 Å². The molecule has 0 radical (unpaired) electrons. The molecule has 0 aromatic carbocycles. The Morgan fingerprint density at radius 1 is 1.26 bits per heavy atom. The van der Waals surface area contributed by atoms with Crippen molar-refractivity contribution in [1.29, 1.82) is 0 Å². The van der Waals surface area contributed by atoms with Crippen molar-refractivity contribution in [3.05, 3.63) is 35.5 Å². The van der Waals surface area contributed by atoms with Crippen LogP contribution in [0.25, 0.3) is 5.57 Å². The van der Waals surface area contributed by atoms with Crippen LogP contribution in [0.5, 0.6) is 0 Å². The highest BCUT2D eigenvalue weighted by atomic mass is 35.5. The number of ether oxygens (including phenoxy) is 1. The largest absolute Gasteiger partial charge is 0.478 e. The van der Waals surface area contributed by atoms with E-state index in [1.54, 1.807) is 0 Å². The smallest absolute Gasteiger partial charge is 0.199 e. The Bertz CT molecular complexity index is 557. The summed E-state index contributed by atoms with van der Waals surface area (Å²) in [7, 11) is 0. The maximum absolute atomic E-state index is 5.78. The van der Waals surface area contributed by atoms with Crippen molar-refractivity contribution in [2.24, 2.45) is 4.99 Å². The first-order valence-corrected chi connectivity index (χ1v) is 6.09. The van der Waals surface area contributed by atoms with Crippen LogP contribution in [-0.4, -0.2) is 35.4 Å². The molecule has 0 N–H and O–H groups in total. The molecule has 0 saturated heterocycles. The first kappa shape index (κ1) is 14.2. The van der Waals surface area contributed by atoms with Crippen LogP contribution < -0.4 is 0 Å². The molecule has 4 rings (SSSR count). The molecular formula is C13H15Cl2N3O. The topological polar surface area (TPSA) is 37.7 Å². The van der Waals surface area contributed by atoms with Gasteiger partial charge < -0.3 is 4.74 Å². The molecule has 3 aliphatic rings. The van der Waals surface area contributed by atoms with Crippen LogP contribution in [0.3, 0.4) is 0 Å². The molecule has 4 heterocycles. The van der Waals surface area contributed by atoms with Crippen LogP contribution in [0.2, 0.25) is 0 Å². The van der Waals surface area contributed by atoms with E-state index in [-0.39, 0.29) is 24.8 Å². The Labute approximate surface area is 124 Å². The van der Waals surface area contributed by atoms with Gasteiger partial charge in [0.05, 0.1) is 6.61 Å². The van der Waals surface area contributed by atoms with Gasteiger partial charge in [-0.15, -0.1) is 24.8 Å². The standard InChI is InChI=1S/C13H13N3O.2ClH/c1-3-9-10-4-8-17-13(10)16-7-2-6-15-12(16)11(9)14-5-1;;/h1,3,5H,2,4,6-8H2;2*1H. The second kappa shape index (κ2) is 5.39. The Kier molecular flexibility index (Phi) is 4.02. The van der Waals surface area contributed by atoms with Crippen LogP contribution in [0, 0.1) is 0 Å². The molecule has 0 bridgehead atoms. The van der Waals surface area contributed by atoms with E-state index in [1.807, 2.05) is 12.3 Å². The highest BCUT2D eigenvalue weighted by molar-refractivity contribution is 6.05. The number of hydrogen-bond acceptors (Lipinski definition) is 4. The predicted octanol–water partition coefficient (Wildman–Crippen LogP) is 2.48. The monoisotopic (exact) mass is 299 g/mol. The summed E-state index contributed by atoms with van der Waals surface area (Å²) in [6, 6.07) is 4.11. The number of aromatic nitrogens is 1. The first-order valence-electron chi connectivity index (χ1n) is 6.09. The first-order chi connectivity index (χ1) is 8.45. The molecule has 0 atom stereocenters. The van der Waals surface area contributed by atoms with E-state index in [0.29, 0.717) is 0 Å². The molecule has 0 unspecified atom stereocenters. The second-order valence-corrected chi connectivity index (χ2v) is 4.49. The molecule has 3 aliphatic heterocycles. The minimum Gasteiger partial charge on any atom is -0.478 e. The van der Waals surface area contributed by atoms with Gasteiger partial charge in [0.1, 0.15) is 5.69 Å². The van der Waals surface area contributed by atoms with Crippen LogP contribution in [-0.2, 0) is 4.74 Å². The van der Waals surface area contributed by atoms with Crippen molar-refractivity contribution in [1.82, 2.24) is 9.88 Å². The van der Waals surface area contributed by atoms with Crippen LogP contribution in [0.1, 0.15) is 24.1 Å². The summed E-state index contributed by atoms with van der Waals surface area (Å²) < 4.78 is 5.78. The highest BCUT2D eigenvalue weighted by Gasteiger charge is 2.35. The van der Waals surface area contributed by atoms with Gasteiger partial charge in [0, 0.05) is 36.8 Å². The van der Waals surface area contributed by atoms with Gasteiger partial charge >= 0.3 is 0 Å². The van der Waals surface area contributed by atoms with Crippen molar-refractivity contribution in [2.45, 2.75) is 12.8 Å². The normalized spacial score (nSPS) is 19.2. The molecule has 0 saturated carbocycles. The molecular weight excluding hydrogens is 285 g/mol. The molecule has 102 valence electrons. The van der Waals surface area contributed by atoms with Crippen molar-refractivity contribution in [2.75, 3.05) is 19.7 Å². The fourth-order valence-corrected chi connectivity index (χ4v) is 2.77. The molecule has 0 spiro atoms. The molecule has 1 aromatic heterocycles. The highest BCUT2D eigenvalue weighted by Crippen LogP contribution is 2.38. The Morgan fingerprint density at radius 2 is 2.16 bits per heavy atom. The fourth-order valence-electron chi connectivity index (χ4n) is 2.77. The number of hydrogen-bond donors (Lipinski definition) is 0. The minimum absolute atomic E-state index is 0. The van der Waals surface area contributed by atoms with Gasteiger partial charge in [-0.2, -0.15) is 0 Å². The van der Waals surface area contributed by atoms with E-state index in [0.717, 1.165) is 50.0 Å². The lowest BCUT2D eigenvalue weighted by atomic mass is 9.97. The van der Waals surface area contributed by atoms with Crippen LogP contribution in [0.4, 0.5) is 0 Å². The number of pyridine rings is 1. The summed E-state index contributed by atoms with van der Waals surface area (Å²) >= 11 is 0. The predicted molar refractivity (Wildman–Crippen MR) is 78.9 cm³/mol. The number of aliphatic imine (C=N–C) groups is 1. The third kappa shape index (κ3) is 1.99. The van der Waals surface area contributed by atoms with E-state index in [1.165, 1.54) is 11.1 Å². The third-order valence-corrected chi connectivity index (χ3v) is 3.50. The van der Waals surface area contributed by atoms with Gasteiger partial charge in [-0.25, -0.2) is 0 Å². The summed E-state index contributed by atoms with van der Waals surface area (Å²) in [5, 5.41) is 0. The zero-order valence-corrected chi connectivity index (χ0v) is 12.0. The maximum Gasteiger partial charge on any atom is 0.199 e. The number of amidine groups is 1. The quantitative estimate of drug-likeness (QED) is 0.739. The van der Waals surface area contributed by atoms with Crippen molar-refractivity contribution >= 4 is 36.2 Å². The van der Waals surface area contributed by atoms with Gasteiger partial charge in [0.15, 0.2) is 11.7 Å². The fraction of sp³-hybridized carbons (Fsp3) is 0.385. The lowest BCUT2D eigenvalue weighted by Crippen LogP contribution is -2.39. The van der Waals surface area contributed by atoms with E-state index in [4.69, 9.17) is 4.74 Å². The number of rotatable bonds is 0. The SMILES string of the molecule is Cl.Cl.c1cnc2c(c1)C1=C(OCC1)N1CCCN=C21. The number of nitrogens with zero attached hydrogens (tertiary/aromatic N) is 3. The van der Waals surface area contributed by atoms with Crippen LogP contribution >= 0.6 is 24.8 Å². The second-order valence-electron chi connectivity index (χ2n) is 4.49. The molecule has 4 nitrogen and oxygen atoms in total. The summed E-state index contributed by atoms with van der Waals surface area (Å²) in [6.45, 7) is 2.67. The summed E-state index contributed by atoms with van der Waals surface area (Å²) in [6.07, 6.45) is 3.92.